The van der Waals surface area contributed by atoms with Crippen LogP contribution in [0.25, 0.3) is 0 Å². The smallest absolute Gasteiger partial charge is 0.0594 e. The van der Waals surface area contributed by atoms with E-state index in [-0.39, 0.29) is 0 Å². The third-order valence-electron chi connectivity index (χ3n) is 3.89. The van der Waals surface area contributed by atoms with Crippen LogP contribution >= 0.6 is 11.3 Å². The zero-order valence-corrected chi connectivity index (χ0v) is 12.8. The maximum atomic E-state index is 5.76. The van der Waals surface area contributed by atoms with E-state index < -0.39 is 0 Å². The predicted octanol–water partition coefficient (Wildman–Crippen LogP) is 3.83. The van der Waals surface area contributed by atoms with Crippen molar-refractivity contribution in [2.45, 2.75) is 52.7 Å². The van der Waals surface area contributed by atoms with Crippen molar-refractivity contribution in [3.8, 4) is 0 Å². The second-order valence-corrected chi connectivity index (χ2v) is 6.79. The molecular formula is C15H25NOS. The van der Waals surface area contributed by atoms with E-state index in [9.17, 15) is 0 Å². The van der Waals surface area contributed by atoms with Gasteiger partial charge in [-0.15, -0.1) is 11.3 Å². The summed E-state index contributed by atoms with van der Waals surface area (Å²) >= 11 is 1.91. The van der Waals surface area contributed by atoms with Crippen LogP contribution in [0.3, 0.4) is 0 Å². The molecule has 3 heteroatoms. The molecule has 2 nitrogen and oxygen atoms in total. The van der Waals surface area contributed by atoms with Gasteiger partial charge < -0.3 is 10.1 Å². The molecule has 1 aliphatic heterocycles. The van der Waals surface area contributed by atoms with E-state index in [1.165, 1.54) is 28.2 Å². The molecule has 1 saturated heterocycles. The Morgan fingerprint density at radius 2 is 2.28 bits per heavy atom. The number of ether oxygens (including phenoxy) is 1. The fourth-order valence-electron chi connectivity index (χ4n) is 2.94. The van der Waals surface area contributed by atoms with Gasteiger partial charge in [0.05, 0.1) is 6.10 Å². The van der Waals surface area contributed by atoms with Crippen molar-refractivity contribution in [1.29, 1.82) is 0 Å². The lowest BCUT2D eigenvalue weighted by atomic mass is 9.88. The van der Waals surface area contributed by atoms with E-state index in [0.29, 0.717) is 18.1 Å². The molecule has 0 saturated carbocycles. The molecule has 0 spiro atoms. The van der Waals surface area contributed by atoms with E-state index in [4.69, 9.17) is 4.74 Å². The molecule has 0 bridgehead atoms. The Kier molecular flexibility index (Phi) is 4.82. The molecule has 2 heterocycles. The van der Waals surface area contributed by atoms with Crippen LogP contribution in [-0.4, -0.2) is 19.3 Å². The summed E-state index contributed by atoms with van der Waals surface area (Å²) < 4.78 is 5.76. The van der Waals surface area contributed by atoms with Gasteiger partial charge in [-0.25, -0.2) is 0 Å². The molecule has 102 valence electrons. The van der Waals surface area contributed by atoms with Crippen LogP contribution in [0.1, 0.15) is 48.0 Å². The fourth-order valence-corrected chi connectivity index (χ4v) is 3.91. The number of rotatable bonds is 5. The van der Waals surface area contributed by atoms with E-state index in [1.807, 2.05) is 11.3 Å². The van der Waals surface area contributed by atoms with Crippen LogP contribution in [0.15, 0.2) is 6.07 Å². The zero-order valence-electron chi connectivity index (χ0n) is 12.0. The minimum Gasteiger partial charge on any atom is -0.378 e. The maximum Gasteiger partial charge on any atom is 0.0594 e. The summed E-state index contributed by atoms with van der Waals surface area (Å²) in [6, 6.07) is 2.82. The monoisotopic (exact) mass is 267 g/mol. The highest BCUT2D eigenvalue weighted by atomic mass is 32.1. The van der Waals surface area contributed by atoms with Gasteiger partial charge in [0.25, 0.3) is 0 Å². The summed E-state index contributed by atoms with van der Waals surface area (Å²) in [5, 5.41) is 3.74. The van der Waals surface area contributed by atoms with Crippen molar-refractivity contribution in [2.75, 3.05) is 13.2 Å². The zero-order chi connectivity index (χ0) is 13.1. The van der Waals surface area contributed by atoms with Crippen molar-refractivity contribution in [1.82, 2.24) is 5.32 Å². The van der Waals surface area contributed by atoms with Crippen LogP contribution in [0.2, 0.25) is 0 Å². The molecule has 0 aliphatic carbocycles. The molecule has 0 amide bonds. The van der Waals surface area contributed by atoms with Crippen LogP contribution in [0.4, 0.5) is 0 Å². The molecule has 1 aromatic heterocycles. The summed E-state index contributed by atoms with van der Waals surface area (Å²) in [6.07, 6.45) is 2.73. The third-order valence-corrected chi connectivity index (χ3v) is 4.87. The molecule has 1 aromatic rings. The normalized spacial score (nSPS) is 25.6. The van der Waals surface area contributed by atoms with Gasteiger partial charge in [0.15, 0.2) is 0 Å². The topological polar surface area (TPSA) is 21.3 Å². The average Bonchev–Trinajstić information content (AvgIpc) is 2.87. The lowest BCUT2D eigenvalue weighted by molar-refractivity contribution is 0.0953. The Labute approximate surface area is 115 Å². The Hall–Kier alpha value is -0.380. The van der Waals surface area contributed by atoms with Gasteiger partial charge in [0.2, 0.25) is 0 Å². The highest BCUT2D eigenvalue weighted by Crippen LogP contribution is 2.37. The van der Waals surface area contributed by atoms with Gasteiger partial charge in [0, 0.05) is 28.3 Å². The number of hydrogen-bond donors (Lipinski definition) is 1. The molecule has 0 radical (unpaired) electrons. The molecule has 3 unspecified atom stereocenters. The van der Waals surface area contributed by atoms with Gasteiger partial charge in [-0.3, -0.25) is 0 Å². The summed E-state index contributed by atoms with van der Waals surface area (Å²) in [4.78, 5) is 2.87. The summed E-state index contributed by atoms with van der Waals surface area (Å²) in [7, 11) is 0. The lowest BCUT2D eigenvalue weighted by Crippen LogP contribution is -2.32. The predicted molar refractivity (Wildman–Crippen MR) is 78.3 cm³/mol. The second kappa shape index (κ2) is 6.18. The molecule has 1 N–H and O–H groups in total. The first-order valence-electron chi connectivity index (χ1n) is 7.05. The number of aryl methyl sites for hydroxylation is 2. The maximum absolute atomic E-state index is 5.76. The van der Waals surface area contributed by atoms with Crippen molar-refractivity contribution in [3.05, 3.63) is 21.4 Å². The molecular weight excluding hydrogens is 242 g/mol. The van der Waals surface area contributed by atoms with Crippen LogP contribution in [0, 0.1) is 19.8 Å². The standard InChI is InChI=1S/C15H25NOS/c1-5-7-16-15(13-6-8-17-11(13)3)14-9-10(2)18-12(14)4/h9,11,13,15-16H,5-8H2,1-4H3. The summed E-state index contributed by atoms with van der Waals surface area (Å²) in [5.41, 5.74) is 1.49. The largest absolute Gasteiger partial charge is 0.378 e. The van der Waals surface area contributed by atoms with Gasteiger partial charge in [0.1, 0.15) is 0 Å². The minimum atomic E-state index is 0.374. The fraction of sp³-hybridized carbons (Fsp3) is 0.733. The van der Waals surface area contributed by atoms with Crippen molar-refractivity contribution < 1.29 is 4.74 Å². The minimum absolute atomic E-state index is 0.374. The highest BCUT2D eigenvalue weighted by Gasteiger charge is 2.33. The number of thiophene rings is 1. The van der Waals surface area contributed by atoms with Gasteiger partial charge >= 0.3 is 0 Å². The second-order valence-electron chi connectivity index (χ2n) is 5.33. The van der Waals surface area contributed by atoms with Crippen molar-refractivity contribution in [2.24, 2.45) is 5.92 Å². The quantitative estimate of drug-likeness (QED) is 0.875. The highest BCUT2D eigenvalue weighted by molar-refractivity contribution is 7.12. The van der Waals surface area contributed by atoms with Crippen molar-refractivity contribution >= 4 is 11.3 Å². The number of hydrogen-bond acceptors (Lipinski definition) is 3. The number of nitrogens with one attached hydrogen (secondary N) is 1. The molecule has 1 aliphatic rings. The van der Waals surface area contributed by atoms with Crippen molar-refractivity contribution in [3.63, 3.8) is 0 Å². The molecule has 18 heavy (non-hydrogen) atoms. The summed E-state index contributed by atoms with van der Waals surface area (Å²) in [5.74, 6) is 0.615. The Morgan fingerprint density at radius 1 is 1.50 bits per heavy atom. The molecule has 3 atom stereocenters. The first kappa shape index (κ1) is 14.0. The average molecular weight is 267 g/mol. The summed E-state index contributed by atoms with van der Waals surface area (Å²) in [6.45, 7) is 10.9. The SMILES string of the molecule is CCCNC(c1cc(C)sc1C)C1CCOC1C. The lowest BCUT2D eigenvalue weighted by Gasteiger charge is -2.27. The van der Waals surface area contributed by atoms with E-state index in [2.05, 4.69) is 39.1 Å². The van der Waals surface area contributed by atoms with Gasteiger partial charge in [-0.2, -0.15) is 0 Å². The molecule has 2 rings (SSSR count). The van der Waals surface area contributed by atoms with Crippen LogP contribution < -0.4 is 5.32 Å². The first-order valence-corrected chi connectivity index (χ1v) is 7.87. The van der Waals surface area contributed by atoms with Crippen LogP contribution in [0.5, 0.6) is 0 Å². The Balaban J connectivity index is 2.21. The molecule has 1 fully saturated rings. The Bertz CT molecular complexity index is 388. The van der Waals surface area contributed by atoms with Gasteiger partial charge in [-0.05, 0) is 51.8 Å². The van der Waals surface area contributed by atoms with E-state index in [1.54, 1.807) is 0 Å². The van der Waals surface area contributed by atoms with Crippen LogP contribution in [-0.2, 0) is 4.74 Å². The van der Waals surface area contributed by atoms with E-state index >= 15 is 0 Å². The third kappa shape index (κ3) is 2.95. The van der Waals surface area contributed by atoms with Gasteiger partial charge in [-0.1, -0.05) is 6.92 Å². The molecule has 0 aromatic carbocycles. The first-order chi connectivity index (χ1) is 8.63. The Morgan fingerprint density at radius 3 is 2.78 bits per heavy atom. The van der Waals surface area contributed by atoms with E-state index in [0.717, 1.165) is 13.2 Å².